The third-order valence-corrected chi connectivity index (χ3v) is 5.10. The molecule has 3 aromatic rings. The first-order valence-electron chi connectivity index (χ1n) is 9.11. The molecular weight excluding hydrogens is 344 g/mol. The summed E-state index contributed by atoms with van der Waals surface area (Å²) in [5.41, 5.74) is 1.29. The molecule has 0 unspecified atom stereocenters. The lowest BCUT2D eigenvalue weighted by molar-refractivity contribution is -0.166. The van der Waals surface area contributed by atoms with Gasteiger partial charge < -0.3 is 14.6 Å². The van der Waals surface area contributed by atoms with Gasteiger partial charge in [0.15, 0.2) is 11.4 Å². The van der Waals surface area contributed by atoms with Crippen LogP contribution < -0.4 is 4.74 Å². The monoisotopic (exact) mass is 366 g/mol. The minimum Gasteiger partial charge on any atom is -0.497 e. The van der Waals surface area contributed by atoms with Gasteiger partial charge in [-0.3, -0.25) is 4.57 Å². The Labute approximate surface area is 157 Å². The van der Waals surface area contributed by atoms with E-state index in [1.165, 1.54) is 0 Å². The molecule has 0 aliphatic heterocycles. The number of methoxy groups -OCH3 is 1. The Hall–Kier alpha value is -2.86. The lowest BCUT2D eigenvalue weighted by Gasteiger charge is -2.20. The van der Waals surface area contributed by atoms with E-state index < -0.39 is 11.6 Å². The number of para-hydroxylation sites is 2. The minimum atomic E-state index is -1.35. The first-order chi connectivity index (χ1) is 13.1. The van der Waals surface area contributed by atoms with Crippen molar-refractivity contribution in [1.29, 1.82) is 0 Å². The number of carbonyl (C=O) groups is 1. The maximum Gasteiger partial charge on any atom is 0.338 e. The van der Waals surface area contributed by atoms with Crippen LogP contribution in [0.3, 0.4) is 0 Å². The van der Waals surface area contributed by atoms with Gasteiger partial charge in [-0.1, -0.05) is 12.1 Å². The van der Waals surface area contributed by atoms with Crippen LogP contribution in [0.2, 0.25) is 0 Å². The van der Waals surface area contributed by atoms with E-state index in [0.717, 1.165) is 35.3 Å². The van der Waals surface area contributed by atoms with Crippen LogP contribution in [0.25, 0.3) is 16.7 Å². The molecule has 0 atom stereocenters. The number of hydrogen-bond donors (Lipinski definition) is 1. The molecular formula is C21H22N2O4. The number of hydrogen-bond acceptors (Lipinski definition) is 5. The number of rotatable bonds is 5. The number of benzene rings is 2. The van der Waals surface area contributed by atoms with Gasteiger partial charge in [0, 0.05) is 5.69 Å². The molecule has 0 saturated heterocycles. The minimum absolute atomic E-state index is 0.00184. The normalized spacial score (nSPS) is 15.8. The number of fused-ring (bicyclic) bond motifs is 1. The molecule has 0 radical (unpaired) electrons. The molecule has 6 nitrogen and oxygen atoms in total. The van der Waals surface area contributed by atoms with Gasteiger partial charge in [-0.15, -0.1) is 0 Å². The largest absolute Gasteiger partial charge is 0.497 e. The third kappa shape index (κ3) is 3.28. The fourth-order valence-corrected chi connectivity index (χ4v) is 3.62. The van der Waals surface area contributed by atoms with Crippen molar-refractivity contribution >= 4 is 17.0 Å². The number of esters is 1. The van der Waals surface area contributed by atoms with Gasteiger partial charge >= 0.3 is 5.97 Å². The third-order valence-electron chi connectivity index (χ3n) is 5.10. The van der Waals surface area contributed by atoms with Crippen LogP contribution in [0.15, 0.2) is 48.5 Å². The van der Waals surface area contributed by atoms with Gasteiger partial charge in [0.25, 0.3) is 0 Å². The molecule has 1 heterocycles. The van der Waals surface area contributed by atoms with E-state index in [9.17, 15) is 9.90 Å². The number of nitrogens with zero attached hydrogens (tertiary/aromatic N) is 2. The predicted molar refractivity (Wildman–Crippen MR) is 101 cm³/mol. The quantitative estimate of drug-likeness (QED) is 0.701. The van der Waals surface area contributed by atoms with Crippen molar-refractivity contribution in [2.45, 2.75) is 37.9 Å². The summed E-state index contributed by atoms with van der Waals surface area (Å²) in [6, 6.07) is 15.4. The van der Waals surface area contributed by atoms with E-state index in [-0.39, 0.29) is 6.61 Å². The van der Waals surface area contributed by atoms with Crippen molar-refractivity contribution in [1.82, 2.24) is 9.55 Å². The van der Waals surface area contributed by atoms with Gasteiger partial charge in [0.1, 0.15) is 12.4 Å². The Kier molecular flexibility index (Phi) is 4.58. The molecule has 0 spiro atoms. The lowest BCUT2D eigenvalue weighted by atomic mass is 10.0. The fourth-order valence-electron chi connectivity index (χ4n) is 3.62. The zero-order valence-corrected chi connectivity index (χ0v) is 15.2. The van der Waals surface area contributed by atoms with Gasteiger partial charge in [0.2, 0.25) is 0 Å². The van der Waals surface area contributed by atoms with Crippen molar-refractivity contribution in [3.63, 3.8) is 0 Å². The second-order valence-electron chi connectivity index (χ2n) is 6.87. The molecule has 0 amide bonds. The van der Waals surface area contributed by atoms with Crippen molar-refractivity contribution in [3.05, 3.63) is 54.4 Å². The number of imidazole rings is 1. The Balaban J connectivity index is 1.66. The molecule has 1 aromatic heterocycles. The second kappa shape index (κ2) is 7.04. The number of carbonyl (C=O) groups excluding carboxylic acids is 1. The molecule has 1 saturated carbocycles. The molecule has 2 aromatic carbocycles. The highest BCUT2D eigenvalue weighted by atomic mass is 16.5. The summed E-state index contributed by atoms with van der Waals surface area (Å²) < 4.78 is 12.6. The van der Waals surface area contributed by atoms with E-state index in [1.54, 1.807) is 7.11 Å². The summed E-state index contributed by atoms with van der Waals surface area (Å²) in [6.45, 7) is 0.00184. The topological polar surface area (TPSA) is 73.6 Å². The number of ether oxygens (including phenoxy) is 2. The molecule has 1 aliphatic carbocycles. The van der Waals surface area contributed by atoms with Crippen LogP contribution in [0.5, 0.6) is 5.75 Å². The van der Waals surface area contributed by atoms with Crippen molar-refractivity contribution < 1.29 is 19.4 Å². The molecule has 1 aliphatic rings. The van der Waals surface area contributed by atoms with Crippen LogP contribution >= 0.6 is 0 Å². The summed E-state index contributed by atoms with van der Waals surface area (Å²) in [5, 5.41) is 10.4. The molecule has 1 N–H and O–H groups in total. The Morgan fingerprint density at radius 1 is 1.15 bits per heavy atom. The van der Waals surface area contributed by atoms with Gasteiger partial charge in [-0.25, -0.2) is 9.78 Å². The van der Waals surface area contributed by atoms with Crippen molar-refractivity contribution in [2.75, 3.05) is 7.11 Å². The highest BCUT2D eigenvalue weighted by Gasteiger charge is 2.40. The van der Waals surface area contributed by atoms with Crippen molar-refractivity contribution in [2.24, 2.45) is 0 Å². The highest BCUT2D eigenvalue weighted by Crippen LogP contribution is 2.31. The summed E-state index contributed by atoms with van der Waals surface area (Å²) in [6.07, 6.45) is 2.60. The Morgan fingerprint density at radius 3 is 2.56 bits per heavy atom. The van der Waals surface area contributed by atoms with Crippen LogP contribution in [0.4, 0.5) is 0 Å². The van der Waals surface area contributed by atoms with E-state index in [2.05, 4.69) is 4.98 Å². The average molecular weight is 366 g/mol. The predicted octanol–water partition coefficient (Wildman–Crippen LogP) is 3.38. The van der Waals surface area contributed by atoms with Gasteiger partial charge in [-0.2, -0.15) is 0 Å². The van der Waals surface area contributed by atoms with Crippen LogP contribution in [-0.4, -0.2) is 33.3 Å². The summed E-state index contributed by atoms with van der Waals surface area (Å²) in [5.74, 6) is 0.809. The molecule has 0 bridgehead atoms. The molecule has 27 heavy (non-hydrogen) atoms. The summed E-state index contributed by atoms with van der Waals surface area (Å²) in [7, 11) is 1.63. The van der Waals surface area contributed by atoms with E-state index >= 15 is 0 Å². The van der Waals surface area contributed by atoms with E-state index in [0.29, 0.717) is 18.7 Å². The molecule has 140 valence electrons. The zero-order valence-electron chi connectivity index (χ0n) is 15.2. The van der Waals surface area contributed by atoms with Crippen molar-refractivity contribution in [3.8, 4) is 11.4 Å². The summed E-state index contributed by atoms with van der Waals surface area (Å²) in [4.78, 5) is 17.0. The number of aromatic nitrogens is 2. The Morgan fingerprint density at radius 2 is 1.85 bits per heavy atom. The van der Waals surface area contributed by atoms with E-state index in [1.807, 2.05) is 53.1 Å². The maximum atomic E-state index is 12.4. The molecule has 1 fully saturated rings. The zero-order chi connectivity index (χ0) is 18.9. The first-order valence-corrected chi connectivity index (χ1v) is 9.11. The first kappa shape index (κ1) is 17.5. The van der Waals surface area contributed by atoms with Gasteiger partial charge in [-0.05, 0) is 62.1 Å². The van der Waals surface area contributed by atoms with Crippen LogP contribution in [-0.2, 0) is 16.1 Å². The number of aliphatic hydroxyl groups is 1. The van der Waals surface area contributed by atoms with Crippen LogP contribution in [0, 0.1) is 0 Å². The van der Waals surface area contributed by atoms with Gasteiger partial charge in [0.05, 0.1) is 18.1 Å². The molecule has 6 heteroatoms. The standard InChI is InChI=1S/C21H22N2O4/c1-26-16-10-8-15(9-11-16)23-18-7-3-2-6-17(18)22-19(23)14-27-20(24)21(25)12-4-5-13-21/h2-3,6-11,25H,4-5,12-14H2,1H3. The van der Waals surface area contributed by atoms with Crippen LogP contribution in [0.1, 0.15) is 31.5 Å². The smallest absolute Gasteiger partial charge is 0.338 e. The average Bonchev–Trinajstić information content (AvgIpc) is 3.30. The molecule has 4 rings (SSSR count). The SMILES string of the molecule is COc1ccc(-n2c(COC(=O)C3(O)CCCC3)nc3ccccc32)cc1. The lowest BCUT2D eigenvalue weighted by Crippen LogP contribution is -2.37. The fraction of sp³-hybridized carbons (Fsp3) is 0.333. The maximum absolute atomic E-state index is 12.4. The summed E-state index contributed by atoms with van der Waals surface area (Å²) >= 11 is 0. The Bertz CT molecular complexity index is 956. The second-order valence-corrected chi connectivity index (χ2v) is 6.87. The van der Waals surface area contributed by atoms with E-state index in [4.69, 9.17) is 9.47 Å². The highest BCUT2D eigenvalue weighted by molar-refractivity contribution is 5.80.